The molecule has 0 aromatic carbocycles. The van der Waals surface area contributed by atoms with E-state index in [4.69, 9.17) is 0 Å². The minimum atomic E-state index is 0.740. The second-order valence-corrected chi connectivity index (χ2v) is 5.98. The topological polar surface area (TPSA) is 12.0 Å². The normalized spacial score (nSPS) is 21.4. The van der Waals surface area contributed by atoms with Crippen LogP contribution < -0.4 is 5.32 Å². The summed E-state index contributed by atoms with van der Waals surface area (Å²) in [6.45, 7) is 7.03. The van der Waals surface area contributed by atoms with Gasteiger partial charge >= 0.3 is 0 Å². The standard InChI is InChI=1S/C16H33N/c1-4-6-13-16(10-5-2)17-14(3)15-11-8-7-9-12-15/h14-17H,4-13H2,1-3H3. The van der Waals surface area contributed by atoms with Crippen LogP contribution in [0.25, 0.3) is 0 Å². The Morgan fingerprint density at radius 1 is 1.00 bits per heavy atom. The van der Waals surface area contributed by atoms with Gasteiger partial charge in [-0.2, -0.15) is 0 Å². The third-order valence-corrected chi connectivity index (χ3v) is 4.40. The summed E-state index contributed by atoms with van der Waals surface area (Å²) in [5.74, 6) is 0.949. The zero-order chi connectivity index (χ0) is 12.5. The average Bonchev–Trinajstić information content (AvgIpc) is 2.37. The second kappa shape index (κ2) is 8.97. The number of nitrogens with one attached hydrogen (secondary N) is 1. The number of hydrogen-bond donors (Lipinski definition) is 1. The molecule has 0 spiro atoms. The van der Waals surface area contributed by atoms with Crippen LogP contribution in [0.15, 0.2) is 0 Å². The molecule has 102 valence electrons. The molecular weight excluding hydrogens is 206 g/mol. The van der Waals surface area contributed by atoms with Gasteiger partial charge in [0.15, 0.2) is 0 Å². The Morgan fingerprint density at radius 2 is 1.71 bits per heavy atom. The fourth-order valence-electron chi connectivity index (χ4n) is 3.25. The van der Waals surface area contributed by atoms with E-state index in [2.05, 4.69) is 26.1 Å². The molecule has 1 fully saturated rings. The van der Waals surface area contributed by atoms with E-state index in [9.17, 15) is 0 Å². The highest BCUT2D eigenvalue weighted by Gasteiger charge is 2.21. The van der Waals surface area contributed by atoms with Crippen LogP contribution in [0.4, 0.5) is 0 Å². The van der Waals surface area contributed by atoms with Crippen LogP contribution in [0, 0.1) is 5.92 Å². The minimum absolute atomic E-state index is 0.740. The molecule has 1 N–H and O–H groups in total. The van der Waals surface area contributed by atoms with E-state index >= 15 is 0 Å². The minimum Gasteiger partial charge on any atom is -0.311 e. The van der Waals surface area contributed by atoms with Gasteiger partial charge in [0.05, 0.1) is 0 Å². The van der Waals surface area contributed by atoms with E-state index in [0.717, 1.165) is 18.0 Å². The summed E-state index contributed by atoms with van der Waals surface area (Å²) in [7, 11) is 0. The molecule has 1 nitrogen and oxygen atoms in total. The van der Waals surface area contributed by atoms with Gasteiger partial charge in [-0.1, -0.05) is 52.4 Å². The Kier molecular flexibility index (Phi) is 7.92. The summed E-state index contributed by atoms with van der Waals surface area (Å²) in [4.78, 5) is 0. The van der Waals surface area contributed by atoms with Crippen LogP contribution in [0.1, 0.15) is 85.0 Å². The van der Waals surface area contributed by atoms with Gasteiger partial charge < -0.3 is 5.32 Å². The van der Waals surface area contributed by atoms with Crippen molar-refractivity contribution >= 4 is 0 Å². The van der Waals surface area contributed by atoms with Crippen LogP contribution in [-0.2, 0) is 0 Å². The lowest BCUT2D eigenvalue weighted by atomic mass is 9.84. The average molecular weight is 239 g/mol. The summed E-state index contributed by atoms with van der Waals surface area (Å²) >= 11 is 0. The molecule has 1 saturated carbocycles. The lowest BCUT2D eigenvalue weighted by Crippen LogP contribution is -2.41. The maximum atomic E-state index is 3.92. The van der Waals surface area contributed by atoms with Crippen molar-refractivity contribution in [1.82, 2.24) is 5.32 Å². The first-order valence-corrected chi connectivity index (χ1v) is 8.04. The van der Waals surface area contributed by atoms with Crippen LogP contribution in [0.3, 0.4) is 0 Å². The molecule has 1 heteroatoms. The molecule has 1 aliphatic rings. The highest BCUT2D eigenvalue weighted by molar-refractivity contribution is 4.79. The van der Waals surface area contributed by atoms with Crippen LogP contribution in [0.2, 0.25) is 0 Å². The number of rotatable bonds is 8. The van der Waals surface area contributed by atoms with Gasteiger partial charge in [-0.15, -0.1) is 0 Å². The third kappa shape index (κ3) is 5.90. The molecule has 0 bridgehead atoms. The maximum absolute atomic E-state index is 3.92. The van der Waals surface area contributed by atoms with Crippen molar-refractivity contribution in [2.24, 2.45) is 5.92 Å². The Hall–Kier alpha value is -0.0400. The predicted octanol–water partition coefficient (Wildman–Crippen LogP) is 4.90. The summed E-state index contributed by atoms with van der Waals surface area (Å²) in [6, 6.07) is 1.51. The number of unbranched alkanes of at least 4 members (excludes halogenated alkanes) is 1. The second-order valence-electron chi connectivity index (χ2n) is 5.98. The molecule has 0 heterocycles. The van der Waals surface area contributed by atoms with Gasteiger partial charge in [0.2, 0.25) is 0 Å². The van der Waals surface area contributed by atoms with Crippen molar-refractivity contribution < 1.29 is 0 Å². The largest absolute Gasteiger partial charge is 0.311 e. The van der Waals surface area contributed by atoms with Gasteiger partial charge in [-0.05, 0) is 38.5 Å². The van der Waals surface area contributed by atoms with Gasteiger partial charge in [0.25, 0.3) is 0 Å². The van der Waals surface area contributed by atoms with Crippen molar-refractivity contribution in [2.45, 2.75) is 97.1 Å². The zero-order valence-corrected chi connectivity index (χ0v) is 12.3. The molecule has 0 saturated heterocycles. The van der Waals surface area contributed by atoms with E-state index in [0.29, 0.717) is 0 Å². The highest BCUT2D eigenvalue weighted by atomic mass is 14.9. The lowest BCUT2D eigenvalue weighted by molar-refractivity contribution is 0.254. The van der Waals surface area contributed by atoms with Gasteiger partial charge in [-0.25, -0.2) is 0 Å². The molecule has 1 rings (SSSR count). The van der Waals surface area contributed by atoms with Crippen molar-refractivity contribution in [2.75, 3.05) is 0 Å². The summed E-state index contributed by atoms with van der Waals surface area (Å²) in [5, 5.41) is 3.92. The SMILES string of the molecule is CCCCC(CCC)NC(C)C1CCCCC1. The molecule has 0 aromatic heterocycles. The summed E-state index contributed by atoms with van der Waals surface area (Å²) in [6.07, 6.45) is 14.1. The quantitative estimate of drug-likeness (QED) is 0.635. The van der Waals surface area contributed by atoms with Crippen LogP contribution in [0.5, 0.6) is 0 Å². The van der Waals surface area contributed by atoms with E-state index < -0.39 is 0 Å². The Bertz CT molecular complexity index is 172. The first-order valence-electron chi connectivity index (χ1n) is 8.04. The van der Waals surface area contributed by atoms with Gasteiger partial charge in [0, 0.05) is 12.1 Å². The fourth-order valence-corrected chi connectivity index (χ4v) is 3.25. The van der Waals surface area contributed by atoms with E-state index in [1.54, 1.807) is 0 Å². The van der Waals surface area contributed by atoms with Crippen LogP contribution >= 0.6 is 0 Å². The molecule has 17 heavy (non-hydrogen) atoms. The predicted molar refractivity (Wildman–Crippen MR) is 77.4 cm³/mol. The Labute approximate surface area is 109 Å². The summed E-state index contributed by atoms with van der Waals surface area (Å²) in [5.41, 5.74) is 0. The monoisotopic (exact) mass is 239 g/mol. The van der Waals surface area contributed by atoms with E-state index in [1.165, 1.54) is 64.2 Å². The first-order chi connectivity index (χ1) is 8.27. The van der Waals surface area contributed by atoms with E-state index in [1.807, 2.05) is 0 Å². The first kappa shape index (κ1) is 15.0. The van der Waals surface area contributed by atoms with Crippen LogP contribution in [-0.4, -0.2) is 12.1 Å². The van der Waals surface area contributed by atoms with Gasteiger partial charge in [0.1, 0.15) is 0 Å². The molecular formula is C16H33N. The third-order valence-electron chi connectivity index (χ3n) is 4.40. The molecule has 0 aromatic rings. The molecule has 1 aliphatic carbocycles. The smallest absolute Gasteiger partial charge is 0.00695 e. The molecule has 2 atom stereocenters. The highest BCUT2D eigenvalue weighted by Crippen LogP contribution is 2.27. The van der Waals surface area contributed by atoms with Crippen molar-refractivity contribution in [1.29, 1.82) is 0 Å². The molecule has 0 aliphatic heterocycles. The fraction of sp³-hybridized carbons (Fsp3) is 1.00. The Balaban J connectivity index is 2.30. The van der Waals surface area contributed by atoms with E-state index in [-0.39, 0.29) is 0 Å². The summed E-state index contributed by atoms with van der Waals surface area (Å²) < 4.78 is 0. The van der Waals surface area contributed by atoms with Crippen molar-refractivity contribution in [3.8, 4) is 0 Å². The van der Waals surface area contributed by atoms with Crippen molar-refractivity contribution in [3.63, 3.8) is 0 Å². The Morgan fingerprint density at radius 3 is 2.29 bits per heavy atom. The zero-order valence-electron chi connectivity index (χ0n) is 12.3. The lowest BCUT2D eigenvalue weighted by Gasteiger charge is -2.32. The molecule has 2 unspecified atom stereocenters. The maximum Gasteiger partial charge on any atom is 0.00695 e. The van der Waals surface area contributed by atoms with Crippen molar-refractivity contribution in [3.05, 3.63) is 0 Å². The van der Waals surface area contributed by atoms with Gasteiger partial charge in [-0.3, -0.25) is 0 Å². The number of hydrogen-bond acceptors (Lipinski definition) is 1. The molecule has 0 radical (unpaired) electrons. The molecule has 0 amide bonds.